The van der Waals surface area contributed by atoms with Crippen LogP contribution in [0.3, 0.4) is 0 Å². The maximum absolute atomic E-state index is 12.0. The van der Waals surface area contributed by atoms with E-state index in [-0.39, 0.29) is 23.6 Å². The third-order valence-corrected chi connectivity index (χ3v) is 3.36. The van der Waals surface area contributed by atoms with Crippen molar-refractivity contribution in [1.29, 1.82) is 0 Å². The molecule has 2 atom stereocenters. The third-order valence-electron chi connectivity index (χ3n) is 3.36. The summed E-state index contributed by atoms with van der Waals surface area (Å²) >= 11 is 0. The van der Waals surface area contributed by atoms with E-state index in [0.717, 1.165) is 5.39 Å². The number of hydrogen-bond acceptors (Lipinski definition) is 3. The number of carbonyl (C=O) groups excluding carboxylic acids is 1. The summed E-state index contributed by atoms with van der Waals surface area (Å²) < 4.78 is 0. The molecule has 0 aliphatic heterocycles. The molecule has 0 spiro atoms. The lowest BCUT2D eigenvalue weighted by atomic mass is 10.0. The molecule has 100 valence electrons. The summed E-state index contributed by atoms with van der Waals surface area (Å²) in [6.45, 7) is 3.60. The Morgan fingerprint density at radius 3 is 2.47 bits per heavy atom. The van der Waals surface area contributed by atoms with E-state index >= 15 is 0 Å². The van der Waals surface area contributed by atoms with Gasteiger partial charge in [-0.25, -0.2) is 0 Å². The summed E-state index contributed by atoms with van der Waals surface area (Å²) in [6.07, 6.45) is 0. The van der Waals surface area contributed by atoms with Gasteiger partial charge in [0.05, 0.1) is 5.92 Å². The number of aromatic hydroxyl groups is 1. The molecule has 2 unspecified atom stereocenters. The van der Waals surface area contributed by atoms with Crippen molar-refractivity contribution >= 4 is 22.4 Å². The van der Waals surface area contributed by atoms with Gasteiger partial charge in [0, 0.05) is 22.5 Å². The molecule has 0 aliphatic rings. The molecule has 0 radical (unpaired) electrons. The Balaban J connectivity index is 2.36. The minimum atomic E-state index is -0.271. The predicted octanol–water partition coefficient (Wildman–Crippen LogP) is 2.47. The van der Waals surface area contributed by atoms with Crippen molar-refractivity contribution in [2.24, 2.45) is 11.7 Å². The summed E-state index contributed by atoms with van der Waals surface area (Å²) in [5.74, 6) is -0.188. The van der Waals surface area contributed by atoms with Crippen molar-refractivity contribution in [3.63, 3.8) is 0 Å². The molecule has 0 aliphatic carbocycles. The van der Waals surface area contributed by atoms with Gasteiger partial charge < -0.3 is 16.2 Å². The maximum atomic E-state index is 12.0. The minimum Gasteiger partial charge on any atom is -0.507 e. The van der Waals surface area contributed by atoms with E-state index in [1.807, 2.05) is 18.2 Å². The quantitative estimate of drug-likeness (QED) is 0.791. The van der Waals surface area contributed by atoms with Crippen LogP contribution in [0.4, 0.5) is 5.69 Å². The van der Waals surface area contributed by atoms with Crippen LogP contribution in [0.2, 0.25) is 0 Å². The smallest absolute Gasteiger partial charge is 0.228 e. The summed E-state index contributed by atoms with van der Waals surface area (Å²) in [7, 11) is 0. The highest BCUT2D eigenvalue weighted by molar-refractivity contribution is 6.04. The van der Waals surface area contributed by atoms with Gasteiger partial charge in [0.15, 0.2) is 0 Å². The number of phenolic OH excluding ortho intramolecular Hbond substituents is 1. The lowest BCUT2D eigenvalue weighted by Gasteiger charge is -2.16. The Kier molecular flexibility index (Phi) is 3.71. The topological polar surface area (TPSA) is 75.4 Å². The average molecular weight is 258 g/mol. The number of amides is 1. The first-order chi connectivity index (χ1) is 9.00. The lowest BCUT2D eigenvalue weighted by molar-refractivity contribution is -0.119. The number of carbonyl (C=O) groups is 1. The molecular weight excluding hydrogens is 240 g/mol. The molecule has 1 amide bonds. The second-order valence-electron chi connectivity index (χ2n) is 4.81. The number of fused-ring (bicyclic) bond motifs is 1. The van der Waals surface area contributed by atoms with E-state index in [4.69, 9.17) is 5.73 Å². The van der Waals surface area contributed by atoms with Crippen molar-refractivity contribution in [1.82, 2.24) is 0 Å². The molecule has 2 aromatic carbocycles. The highest BCUT2D eigenvalue weighted by Gasteiger charge is 2.17. The summed E-state index contributed by atoms with van der Waals surface area (Å²) in [5, 5.41) is 14.2. The zero-order valence-corrected chi connectivity index (χ0v) is 11.1. The molecule has 0 aromatic heterocycles. The molecule has 2 aromatic rings. The molecule has 0 heterocycles. The maximum Gasteiger partial charge on any atom is 0.228 e. The lowest BCUT2D eigenvalue weighted by Crippen LogP contribution is -2.34. The van der Waals surface area contributed by atoms with Crippen LogP contribution in [0.15, 0.2) is 36.4 Å². The van der Waals surface area contributed by atoms with Crippen LogP contribution >= 0.6 is 0 Å². The van der Waals surface area contributed by atoms with Gasteiger partial charge in [0.1, 0.15) is 5.75 Å². The fraction of sp³-hybridized carbons (Fsp3) is 0.267. The Labute approximate surface area is 112 Å². The van der Waals surface area contributed by atoms with Crippen molar-refractivity contribution < 1.29 is 9.90 Å². The molecule has 0 fully saturated rings. The molecule has 0 bridgehead atoms. The highest BCUT2D eigenvalue weighted by atomic mass is 16.3. The Bertz CT molecular complexity index is 608. The number of rotatable bonds is 3. The van der Waals surface area contributed by atoms with E-state index in [2.05, 4.69) is 5.32 Å². The standard InChI is InChI=1S/C15H18N2O2/c1-9(10(2)16)15(19)17-13-7-3-6-12-11(13)5-4-8-14(12)18/h3-10,18H,16H2,1-2H3,(H,17,19). The normalized spacial score (nSPS) is 14.1. The molecule has 4 heteroatoms. The van der Waals surface area contributed by atoms with Crippen LogP contribution in [-0.2, 0) is 4.79 Å². The van der Waals surface area contributed by atoms with Crippen molar-refractivity contribution in [2.75, 3.05) is 5.32 Å². The zero-order valence-electron chi connectivity index (χ0n) is 11.1. The highest BCUT2D eigenvalue weighted by Crippen LogP contribution is 2.30. The fourth-order valence-electron chi connectivity index (χ4n) is 1.89. The van der Waals surface area contributed by atoms with Crippen LogP contribution < -0.4 is 11.1 Å². The minimum absolute atomic E-state index is 0.120. The third kappa shape index (κ3) is 2.69. The Morgan fingerprint density at radius 1 is 1.16 bits per heavy atom. The number of nitrogens with one attached hydrogen (secondary N) is 1. The second-order valence-corrected chi connectivity index (χ2v) is 4.81. The molecule has 2 rings (SSSR count). The first kappa shape index (κ1) is 13.4. The van der Waals surface area contributed by atoms with Gasteiger partial charge >= 0.3 is 0 Å². The van der Waals surface area contributed by atoms with E-state index in [0.29, 0.717) is 11.1 Å². The van der Waals surface area contributed by atoms with E-state index in [1.54, 1.807) is 32.0 Å². The van der Waals surface area contributed by atoms with Crippen LogP contribution in [0.5, 0.6) is 5.75 Å². The van der Waals surface area contributed by atoms with Crippen LogP contribution in [0.25, 0.3) is 10.8 Å². The van der Waals surface area contributed by atoms with Crippen molar-refractivity contribution in [3.8, 4) is 5.75 Å². The monoisotopic (exact) mass is 258 g/mol. The number of anilines is 1. The number of hydrogen-bond donors (Lipinski definition) is 3. The molecule has 0 saturated carbocycles. The van der Waals surface area contributed by atoms with Crippen LogP contribution in [-0.4, -0.2) is 17.1 Å². The zero-order chi connectivity index (χ0) is 14.0. The number of benzene rings is 2. The van der Waals surface area contributed by atoms with Crippen LogP contribution in [0, 0.1) is 5.92 Å². The number of nitrogens with two attached hydrogens (primary N) is 1. The van der Waals surface area contributed by atoms with Crippen molar-refractivity contribution in [3.05, 3.63) is 36.4 Å². The van der Waals surface area contributed by atoms with E-state index < -0.39 is 0 Å². The summed E-state index contributed by atoms with van der Waals surface area (Å²) in [5.41, 5.74) is 6.41. The molecule has 4 N–H and O–H groups in total. The summed E-state index contributed by atoms with van der Waals surface area (Å²) in [6, 6.07) is 10.5. The number of phenols is 1. The second kappa shape index (κ2) is 5.28. The fourth-order valence-corrected chi connectivity index (χ4v) is 1.89. The van der Waals surface area contributed by atoms with Crippen molar-refractivity contribution in [2.45, 2.75) is 19.9 Å². The predicted molar refractivity (Wildman–Crippen MR) is 77.1 cm³/mol. The van der Waals surface area contributed by atoms with Crippen LogP contribution in [0.1, 0.15) is 13.8 Å². The van der Waals surface area contributed by atoms with Gasteiger partial charge in [-0.2, -0.15) is 0 Å². The summed E-state index contributed by atoms with van der Waals surface area (Å²) in [4.78, 5) is 12.0. The van der Waals surface area contributed by atoms with Gasteiger partial charge in [0.2, 0.25) is 5.91 Å². The van der Waals surface area contributed by atoms with Gasteiger partial charge in [-0.05, 0) is 19.1 Å². The van der Waals surface area contributed by atoms with Gasteiger partial charge in [-0.3, -0.25) is 4.79 Å². The Morgan fingerprint density at radius 2 is 1.79 bits per heavy atom. The first-order valence-corrected chi connectivity index (χ1v) is 6.28. The molecule has 19 heavy (non-hydrogen) atoms. The van der Waals surface area contributed by atoms with Gasteiger partial charge in [-0.1, -0.05) is 31.2 Å². The van der Waals surface area contributed by atoms with Gasteiger partial charge in [0.25, 0.3) is 0 Å². The van der Waals surface area contributed by atoms with E-state index in [1.165, 1.54) is 0 Å². The molecule has 4 nitrogen and oxygen atoms in total. The Hall–Kier alpha value is -2.07. The first-order valence-electron chi connectivity index (χ1n) is 6.28. The van der Waals surface area contributed by atoms with Gasteiger partial charge in [-0.15, -0.1) is 0 Å². The largest absolute Gasteiger partial charge is 0.507 e. The SMILES string of the molecule is CC(N)C(C)C(=O)Nc1cccc2c(O)cccc12. The average Bonchev–Trinajstić information content (AvgIpc) is 2.39. The van der Waals surface area contributed by atoms with E-state index in [9.17, 15) is 9.90 Å². The molecular formula is C15H18N2O2. The molecule has 0 saturated heterocycles.